The van der Waals surface area contributed by atoms with Gasteiger partial charge in [-0.1, -0.05) is 88.4 Å². The SMILES string of the molecule is CCCCCCCCCCCCN1CC(CCl)OC1c1ccc(Cl)cc1. The Morgan fingerprint density at radius 2 is 1.50 bits per heavy atom. The summed E-state index contributed by atoms with van der Waals surface area (Å²) < 4.78 is 6.14. The maximum Gasteiger partial charge on any atom is 0.137 e. The van der Waals surface area contributed by atoms with Gasteiger partial charge in [0.25, 0.3) is 0 Å². The summed E-state index contributed by atoms with van der Waals surface area (Å²) in [4.78, 5) is 2.43. The molecule has 0 spiro atoms. The van der Waals surface area contributed by atoms with E-state index in [1.807, 2.05) is 12.1 Å². The zero-order valence-electron chi connectivity index (χ0n) is 16.3. The summed E-state index contributed by atoms with van der Waals surface area (Å²) in [7, 11) is 0. The van der Waals surface area contributed by atoms with Crippen molar-refractivity contribution in [3.63, 3.8) is 0 Å². The molecule has 0 N–H and O–H groups in total. The third-order valence-corrected chi connectivity index (χ3v) is 5.81. The highest BCUT2D eigenvalue weighted by Gasteiger charge is 2.32. The van der Waals surface area contributed by atoms with Crippen molar-refractivity contribution in [1.29, 1.82) is 0 Å². The predicted molar refractivity (Wildman–Crippen MR) is 113 cm³/mol. The molecule has 2 nitrogen and oxygen atoms in total. The first kappa shape index (κ1) is 22.0. The first-order chi connectivity index (χ1) is 12.7. The van der Waals surface area contributed by atoms with Crippen LogP contribution in [-0.4, -0.2) is 30.0 Å². The summed E-state index contributed by atoms with van der Waals surface area (Å²) in [6, 6.07) is 8.00. The van der Waals surface area contributed by atoms with Crippen LogP contribution in [0.4, 0.5) is 0 Å². The Morgan fingerprint density at radius 1 is 0.923 bits per heavy atom. The van der Waals surface area contributed by atoms with Gasteiger partial charge in [-0.05, 0) is 24.1 Å². The van der Waals surface area contributed by atoms with Crippen molar-refractivity contribution in [1.82, 2.24) is 4.90 Å². The third-order valence-electron chi connectivity index (χ3n) is 5.22. The maximum absolute atomic E-state index is 6.14. The van der Waals surface area contributed by atoms with Gasteiger partial charge in [-0.3, -0.25) is 4.90 Å². The van der Waals surface area contributed by atoms with Gasteiger partial charge in [-0.25, -0.2) is 0 Å². The molecule has 0 aliphatic carbocycles. The van der Waals surface area contributed by atoms with E-state index in [1.165, 1.54) is 69.8 Å². The Labute approximate surface area is 170 Å². The summed E-state index contributed by atoms with van der Waals surface area (Å²) >= 11 is 12.1. The van der Waals surface area contributed by atoms with E-state index in [0.29, 0.717) is 5.88 Å². The number of ether oxygens (including phenoxy) is 1. The van der Waals surface area contributed by atoms with Gasteiger partial charge in [0, 0.05) is 24.0 Å². The van der Waals surface area contributed by atoms with Crippen LogP contribution in [0.2, 0.25) is 5.02 Å². The van der Waals surface area contributed by atoms with Gasteiger partial charge in [0.05, 0.1) is 6.10 Å². The van der Waals surface area contributed by atoms with Crippen LogP contribution in [0.15, 0.2) is 24.3 Å². The Morgan fingerprint density at radius 3 is 2.08 bits per heavy atom. The lowest BCUT2D eigenvalue weighted by Gasteiger charge is -2.23. The molecule has 0 saturated carbocycles. The first-order valence-electron chi connectivity index (χ1n) is 10.5. The Kier molecular flexibility index (Phi) is 11.0. The van der Waals surface area contributed by atoms with Gasteiger partial charge < -0.3 is 4.74 Å². The first-order valence-corrected chi connectivity index (χ1v) is 11.4. The largest absolute Gasteiger partial charge is 0.353 e. The molecule has 0 radical (unpaired) electrons. The van der Waals surface area contributed by atoms with Crippen LogP contribution in [0, 0.1) is 0 Å². The molecule has 1 saturated heterocycles. The third kappa shape index (κ3) is 7.76. The monoisotopic (exact) mass is 399 g/mol. The summed E-state index contributed by atoms with van der Waals surface area (Å²) in [5.41, 5.74) is 1.18. The highest BCUT2D eigenvalue weighted by Crippen LogP contribution is 2.31. The van der Waals surface area contributed by atoms with E-state index in [4.69, 9.17) is 27.9 Å². The highest BCUT2D eigenvalue weighted by molar-refractivity contribution is 6.30. The minimum absolute atomic E-state index is 0.0228. The Hall–Kier alpha value is -0.280. The van der Waals surface area contributed by atoms with E-state index < -0.39 is 0 Å². The maximum atomic E-state index is 6.14. The second kappa shape index (κ2) is 13.0. The van der Waals surface area contributed by atoms with Crippen LogP contribution < -0.4 is 0 Å². The smallest absolute Gasteiger partial charge is 0.137 e. The molecule has 148 valence electrons. The number of halogens is 2. The van der Waals surface area contributed by atoms with Gasteiger partial charge in [-0.15, -0.1) is 11.6 Å². The van der Waals surface area contributed by atoms with Crippen molar-refractivity contribution < 1.29 is 4.74 Å². The number of rotatable bonds is 13. The quantitative estimate of drug-likeness (QED) is 0.256. The standard InChI is InChI=1S/C22H35Cl2NO/c1-2-3-4-5-6-7-8-9-10-11-16-25-18-21(17-23)26-22(25)19-12-14-20(24)15-13-19/h12-15,21-22H,2-11,16-18H2,1H3. The molecule has 0 bridgehead atoms. The molecule has 1 aromatic rings. The molecule has 2 atom stereocenters. The molecule has 1 aliphatic heterocycles. The molecule has 2 unspecified atom stereocenters. The number of hydrogen-bond donors (Lipinski definition) is 0. The molecule has 26 heavy (non-hydrogen) atoms. The number of nitrogens with zero attached hydrogens (tertiary/aromatic N) is 1. The minimum atomic E-state index is 0.0228. The van der Waals surface area contributed by atoms with Crippen molar-refractivity contribution in [2.45, 2.75) is 83.5 Å². The molecule has 2 rings (SSSR count). The fraction of sp³-hybridized carbons (Fsp3) is 0.727. The lowest BCUT2D eigenvalue weighted by molar-refractivity contribution is 0.00499. The van der Waals surface area contributed by atoms with Crippen molar-refractivity contribution in [2.24, 2.45) is 0 Å². The molecule has 4 heteroatoms. The van der Waals surface area contributed by atoms with E-state index >= 15 is 0 Å². The molecule has 0 amide bonds. The summed E-state index contributed by atoms with van der Waals surface area (Å²) in [5.74, 6) is 0.554. The van der Waals surface area contributed by atoms with Crippen molar-refractivity contribution in [3.05, 3.63) is 34.9 Å². The Bertz CT molecular complexity index is 480. The molecular formula is C22H35Cl2NO. The van der Waals surface area contributed by atoms with Gasteiger partial charge in [0.15, 0.2) is 0 Å². The molecule has 1 aliphatic rings. The predicted octanol–water partition coefficient (Wildman–Crippen LogP) is 7.20. The average Bonchev–Trinajstić information content (AvgIpc) is 3.07. The summed E-state index contributed by atoms with van der Waals surface area (Å²) in [6.07, 6.45) is 13.8. The van der Waals surface area contributed by atoms with Crippen LogP contribution in [0.25, 0.3) is 0 Å². The number of alkyl halides is 1. The molecule has 1 fully saturated rings. The number of benzene rings is 1. The Balaban J connectivity index is 1.64. The van der Waals surface area contributed by atoms with Crippen molar-refractivity contribution in [2.75, 3.05) is 19.0 Å². The molecule has 1 aromatic carbocycles. The normalized spacial score (nSPS) is 20.7. The summed E-state index contributed by atoms with van der Waals surface area (Å²) in [6.45, 7) is 4.28. The van der Waals surface area contributed by atoms with Crippen LogP contribution in [0.3, 0.4) is 0 Å². The molecule has 0 aromatic heterocycles. The van der Waals surface area contributed by atoms with Crippen LogP contribution in [0.1, 0.15) is 82.9 Å². The lowest BCUT2D eigenvalue weighted by atomic mass is 10.1. The number of hydrogen-bond acceptors (Lipinski definition) is 2. The van der Waals surface area contributed by atoms with Crippen molar-refractivity contribution >= 4 is 23.2 Å². The van der Waals surface area contributed by atoms with E-state index in [2.05, 4.69) is 24.0 Å². The average molecular weight is 400 g/mol. The van der Waals surface area contributed by atoms with E-state index in [0.717, 1.165) is 18.1 Å². The van der Waals surface area contributed by atoms with Gasteiger partial charge in [-0.2, -0.15) is 0 Å². The van der Waals surface area contributed by atoms with Crippen LogP contribution >= 0.6 is 23.2 Å². The van der Waals surface area contributed by atoms with Gasteiger partial charge in [0.1, 0.15) is 6.23 Å². The fourth-order valence-electron chi connectivity index (χ4n) is 3.68. The topological polar surface area (TPSA) is 12.5 Å². The fourth-order valence-corrected chi connectivity index (χ4v) is 3.98. The zero-order chi connectivity index (χ0) is 18.6. The second-order valence-electron chi connectivity index (χ2n) is 7.49. The summed E-state index contributed by atoms with van der Waals surface area (Å²) in [5, 5.41) is 0.766. The van der Waals surface area contributed by atoms with E-state index in [9.17, 15) is 0 Å². The van der Waals surface area contributed by atoms with Gasteiger partial charge in [0.2, 0.25) is 0 Å². The van der Waals surface area contributed by atoms with Crippen molar-refractivity contribution in [3.8, 4) is 0 Å². The lowest BCUT2D eigenvalue weighted by Crippen LogP contribution is -2.26. The second-order valence-corrected chi connectivity index (χ2v) is 8.24. The van der Waals surface area contributed by atoms with Gasteiger partial charge >= 0.3 is 0 Å². The highest BCUT2D eigenvalue weighted by atomic mass is 35.5. The minimum Gasteiger partial charge on any atom is -0.353 e. The van der Waals surface area contributed by atoms with E-state index in [-0.39, 0.29) is 12.3 Å². The molecule has 1 heterocycles. The van der Waals surface area contributed by atoms with Crippen LogP contribution in [-0.2, 0) is 4.74 Å². The van der Waals surface area contributed by atoms with Crippen LogP contribution in [0.5, 0.6) is 0 Å². The van der Waals surface area contributed by atoms with E-state index in [1.54, 1.807) is 0 Å². The molecular weight excluding hydrogens is 365 g/mol. The zero-order valence-corrected chi connectivity index (χ0v) is 17.8. The number of unbranched alkanes of at least 4 members (excludes halogenated alkanes) is 9.